The second kappa shape index (κ2) is 5.37. The zero-order chi connectivity index (χ0) is 10.4. The van der Waals surface area contributed by atoms with Gasteiger partial charge in [0, 0.05) is 6.20 Å². The minimum absolute atomic E-state index is 0.315. The first kappa shape index (κ1) is 10.7. The minimum atomic E-state index is -0.315. The van der Waals surface area contributed by atoms with Crippen LogP contribution in [0, 0.1) is 0 Å². The molecule has 0 fully saturated rings. The van der Waals surface area contributed by atoms with Crippen molar-refractivity contribution in [2.45, 2.75) is 26.7 Å². The molecule has 3 nitrogen and oxygen atoms in total. The van der Waals surface area contributed by atoms with Gasteiger partial charge in [0.05, 0.1) is 6.61 Å². The van der Waals surface area contributed by atoms with Gasteiger partial charge in [-0.05, 0) is 24.5 Å². The topological polar surface area (TPSA) is 39.2 Å². The molecular formula is C11H15NO2. The number of esters is 1. The maximum absolute atomic E-state index is 11.5. The van der Waals surface area contributed by atoms with Crippen LogP contribution in [0.5, 0.6) is 0 Å². The number of aryl methyl sites for hydroxylation is 1. The van der Waals surface area contributed by atoms with Crippen molar-refractivity contribution in [3.63, 3.8) is 0 Å². The lowest BCUT2D eigenvalue weighted by Gasteiger charge is -2.05. The molecule has 0 aliphatic carbocycles. The SMILES string of the molecule is CCCOC(=O)c1ncccc1CC. The van der Waals surface area contributed by atoms with Crippen molar-refractivity contribution in [3.8, 4) is 0 Å². The highest BCUT2D eigenvalue weighted by Gasteiger charge is 2.11. The molecule has 14 heavy (non-hydrogen) atoms. The summed E-state index contributed by atoms with van der Waals surface area (Å²) in [5.41, 5.74) is 1.39. The Balaban J connectivity index is 2.78. The van der Waals surface area contributed by atoms with Crippen LogP contribution in [0.4, 0.5) is 0 Å². The first-order chi connectivity index (χ1) is 6.79. The predicted molar refractivity (Wildman–Crippen MR) is 54.2 cm³/mol. The maximum atomic E-state index is 11.5. The summed E-state index contributed by atoms with van der Waals surface area (Å²) in [6.07, 6.45) is 3.24. The third-order valence-electron chi connectivity index (χ3n) is 1.90. The smallest absolute Gasteiger partial charge is 0.357 e. The first-order valence-corrected chi connectivity index (χ1v) is 4.90. The highest BCUT2D eigenvalue weighted by molar-refractivity contribution is 5.88. The van der Waals surface area contributed by atoms with Gasteiger partial charge in [0.25, 0.3) is 0 Å². The fraction of sp³-hybridized carbons (Fsp3) is 0.455. The van der Waals surface area contributed by atoms with Gasteiger partial charge in [0.15, 0.2) is 5.69 Å². The highest BCUT2D eigenvalue weighted by atomic mass is 16.5. The van der Waals surface area contributed by atoms with E-state index in [1.807, 2.05) is 26.0 Å². The molecule has 76 valence electrons. The molecule has 0 aromatic carbocycles. The van der Waals surface area contributed by atoms with Crippen LogP contribution in [-0.4, -0.2) is 17.6 Å². The number of ether oxygens (including phenoxy) is 1. The summed E-state index contributed by atoms with van der Waals surface area (Å²) in [5.74, 6) is -0.315. The summed E-state index contributed by atoms with van der Waals surface area (Å²) in [6.45, 7) is 4.42. The van der Waals surface area contributed by atoms with Crippen LogP contribution >= 0.6 is 0 Å². The van der Waals surface area contributed by atoms with Gasteiger partial charge < -0.3 is 4.74 Å². The number of hydrogen-bond donors (Lipinski definition) is 0. The van der Waals surface area contributed by atoms with Gasteiger partial charge in [0.2, 0.25) is 0 Å². The Morgan fingerprint density at radius 3 is 2.93 bits per heavy atom. The Hall–Kier alpha value is -1.38. The summed E-state index contributed by atoms with van der Waals surface area (Å²) < 4.78 is 5.02. The normalized spacial score (nSPS) is 9.86. The maximum Gasteiger partial charge on any atom is 0.357 e. The van der Waals surface area contributed by atoms with Crippen molar-refractivity contribution < 1.29 is 9.53 Å². The van der Waals surface area contributed by atoms with Crippen LogP contribution in [-0.2, 0) is 11.2 Å². The van der Waals surface area contributed by atoms with Crippen molar-refractivity contribution in [1.82, 2.24) is 4.98 Å². The molecule has 0 spiro atoms. The standard InChI is InChI=1S/C11H15NO2/c1-3-8-14-11(13)10-9(4-2)6-5-7-12-10/h5-7H,3-4,8H2,1-2H3. The van der Waals surface area contributed by atoms with Gasteiger partial charge in [-0.15, -0.1) is 0 Å². The number of hydrogen-bond acceptors (Lipinski definition) is 3. The minimum Gasteiger partial charge on any atom is -0.461 e. The Labute approximate surface area is 84.1 Å². The molecular weight excluding hydrogens is 178 g/mol. The van der Waals surface area contributed by atoms with Crippen LogP contribution in [0.25, 0.3) is 0 Å². The van der Waals surface area contributed by atoms with E-state index >= 15 is 0 Å². The van der Waals surface area contributed by atoms with Gasteiger partial charge in [-0.3, -0.25) is 0 Å². The Kier molecular flexibility index (Phi) is 4.11. The Morgan fingerprint density at radius 1 is 1.50 bits per heavy atom. The second-order valence-corrected chi connectivity index (χ2v) is 3.00. The van der Waals surface area contributed by atoms with E-state index in [2.05, 4.69) is 4.98 Å². The van der Waals surface area contributed by atoms with Crippen LogP contribution < -0.4 is 0 Å². The molecule has 1 aromatic rings. The summed E-state index contributed by atoms with van der Waals surface area (Å²) in [6, 6.07) is 3.73. The molecule has 3 heteroatoms. The van der Waals surface area contributed by atoms with Gasteiger partial charge in [-0.25, -0.2) is 9.78 Å². The average molecular weight is 193 g/mol. The molecule has 0 bridgehead atoms. The second-order valence-electron chi connectivity index (χ2n) is 3.00. The molecule has 0 unspecified atom stereocenters. The van der Waals surface area contributed by atoms with Gasteiger partial charge >= 0.3 is 5.97 Å². The van der Waals surface area contributed by atoms with Crippen molar-refractivity contribution in [2.75, 3.05) is 6.61 Å². The average Bonchev–Trinajstić information content (AvgIpc) is 2.25. The molecule has 1 aromatic heterocycles. The lowest BCUT2D eigenvalue weighted by atomic mass is 10.1. The number of aromatic nitrogens is 1. The summed E-state index contributed by atoms with van der Waals surface area (Å²) in [4.78, 5) is 15.5. The molecule has 0 amide bonds. The van der Waals surface area contributed by atoms with Crippen molar-refractivity contribution >= 4 is 5.97 Å². The van der Waals surface area contributed by atoms with Crippen LogP contribution in [0.15, 0.2) is 18.3 Å². The van der Waals surface area contributed by atoms with E-state index < -0.39 is 0 Å². The number of rotatable bonds is 4. The fourth-order valence-electron chi connectivity index (χ4n) is 1.17. The summed E-state index contributed by atoms with van der Waals surface area (Å²) >= 11 is 0. The highest BCUT2D eigenvalue weighted by Crippen LogP contribution is 2.07. The molecule has 1 rings (SSSR count). The van der Waals surface area contributed by atoms with E-state index in [4.69, 9.17) is 4.74 Å². The summed E-state index contributed by atoms with van der Waals surface area (Å²) in [5, 5.41) is 0. The van der Waals surface area contributed by atoms with Gasteiger partial charge in [-0.2, -0.15) is 0 Å². The molecule has 1 heterocycles. The lowest BCUT2D eigenvalue weighted by molar-refractivity contribution is 0.0497. The van der Waals surface area contributed by atoms with Gasteiger partial charge in [0.1, 0.15) is 0 Å². The first-order valence-electron chi connectivity index (χ1n) is 4.90. The molecule has 0 atom stereocenters. The third kappa shape index (κ3) is 2.55. The van der Waals surface area contributed by atoms with E-state index in [1.165, 1.54) is 0 Å². The van der Waals surface area contributed by atoms with Crippen molar-refractivity contribution in [1.29, 1.82) is 0 Å². The van der Waals surface area contributed by atoms with Crippen LogP contribution in [0.3, 0.4) is 0 Å². The third-order valence-corrected chi connectivity index (χ3v) is 1.90. The predicted octanol–water partition coefficient (Wildman–Crippen LogP) is 2.21. The zero-order valence-corrected chi connectivity index (χ0v) is 8.62. The van der Waals surface area contributed by atoms with Crippen molar-refractivity contribution in [2.24, 2.45) is 0 Å². The van der Waals surface area contributed by atoms with Crippen LogP contribution in [0.1, 0.15) is 36.3 Å². The number of carbonyl (C=O) groups excluding carboxylic acids is 1. The Morgan fingerprint density at radius 2 is 2.29 bits per heavy atom. The number of carbonyl (C=O) groups is 1. The van der Waals surface area contributed by atoms with Crippen LogP contribution in [0.2, 0.25) is 0 Å². The van der Waals surface area contributed by atoms with E-state index in [1.54, 1.807) is 6.20 Å². The lowest BCUT2D eigenvalue weighted by Crippen LogP contribution is -2.10. The monoisotopic (exact) mass is 193 g/mol. The molecule has 0 aliphatic rings. The van der Waals surface area contributed by atoms with E-state index in [0.29, 0.717) is 12.3 Å². The quantitative estimate of drug-likeness (QED) is 0.688. The van der Waals surface area contributed by atoms with Crippen molar-refractivity contribution in [3.05, 3.63) is 29.6 Å². The molecule has 0 aliphatic heterocycles. The zero-order valence-electron chi connectivity index (χ0n) is 8.62. The van der Waals surface area contributed by atoms with E-state index in [-0.39, 0.29) is 5.97 Å². The number of pyridine rings is 1. The largest absolute Gasteiger partial charge is 0.461 e. The van der Waals surface area contributed by atoms with E-state index in [0.717, 1.165) is 18.4 Å². The van der Waals surface area contributed by atoms with Gasteiger partial charge in [-0.1, -0.05) is 19.9 Å². The number of nitrogens with zero attached hydrogens (tertiary/aromatic N) is 1. The summed E-state index contributed by atoms with van der Waals surface area (Å²) in [7, 11) is 0. The van der Waals surface area contributed by atoms with E-state index in [9.17, 15) is 4.79 Å². The fourth-order valence-corrected chi connectivity index (χ4v) is 1.17. The molecule has 0 N–H and O–H groups in total. The molecule has 0 saturated heterocycles. The molecule has 0 saturated carbocycles. The molecule has 0 radical (unpaired) electrons. The Bertz CT molecular complexity index is 310.